The molecule has 2 saturated heterocycles. The number of carbonyl (C=O) groups excluding carboxylic acids is 4. The number of carbonyl (C=O) groups is 4. The van der Waals surface area contributed by atoms with E-state index in [1.165, 1.54) is 9.80 Å². The molecule has 0 unspecified atom stereocenters. The van der Waals surface area contributed by atoms with Crippen molar-refractivity contribution in [1.29, 1.82) is 5.26 Å². The molecule has 0 radical (unpaired) electrons. The molecule has 9 atom stereocenters. The number of nitrogens with one attached hydrogen (secondary N) is 1. The molecule has 2 aliphatic heterocycles. The van der Waals surface area contributed by atoms with Crippen molar-refractivity contribution in [3.63, 3.8) is 0 Å². The van der Waals surface area contributed by atoms with E-state index in [1.54, 1.807) is 70.6 Å². The van der Waals surface area contributed by atoms with Crippen molar-refractivity contribution in [1.82, 2.24) is 25.1 Å². The molecular formula is C35H42FN7O6. The number of nitrogens with two attached hydrogens (primary N) is 1. The zero-order valence-electron chi connectivity index (χ0n) is 28.0. The number of aromatic nitrogens is 2. The van der Waals surface area contributed by atoms with Crippen molar-refractivity contribution < 1.29 is 33.0 Å². The molecule has 0 aromatic carbocycles. The second-order valence-electron chi connectivity index (χ2n) is 14.8. The number of nitriles is 1. The van der Waals surface area contributed by atoms with Gasteiger partial charge in [-0.25, -0.2) is 9.18 Å². The molecule has 3 N–H and O–H groups in total. The van der Waals surface area contributed by atoms with Crippen LogP contribution in [-0.4, -0.2) is 86.6 Å². The molecule has 14 heteroatoms. The number of rotatable bonds is 8. The van der Waals surface area contributed by atoms with Gasteiger partial charge in [-0.2, -0.15) is 5.26 Å². The smallest absolute Gasteiger partial charge is 0.408 e. The topological polar surface area (TPSA) is 181 Å². The highest BCUT2D eigenvalue weighted by molar-refractivity contribution is 5.94. The van der Waals surface area contributed by atoms with Gasteiger partial charge < -0.3 is 30.3 Å². The van der Waals surface area contributed by atoms with Gasteiger partial charge in [0.25, 0.3) is 5.91 Å². The summed E-state index contributed by atoms with van der Waals surface area (Å²) in [4.78, 5) is 66.3. The Bertz CT molecular complexity index is 1660. The lowest BCUT2D eigenvalue weighted by atomic mass is 9.77. The standard InChI is InChI=1S/C35H42FN7O6/c1-19-26(8-6-10-40-19)49-35(32(38)46)13-22(14-37)43(18-35)30(44)28-27-23-11-21(12-25(23)36)24(27)16-42(28)31(45)29(34(2,3)4)41-33(47)48-17-20-7-5-9-39-15-20/h5-10,15,21-25,27-29H,11-13,16-18H2,1-4H3,(H2,38,46)(H,41,47)/t21-,22-,23+,24+,25+,27-,28-,29+,35+/m0/s1. The fourth-order valence-electron chi connectivity index (χ4n) is 8.34. The minimum absolute atomic E-state index is 0.00413. The molecule has 2 aromatic heterocycles. The predicted molar refractivity (Wildman–Crippen MR) is 172 cm³/mol. The summed E-state index contributed by atoms with van der Waals surface area (Å²) >= 11 is 0. The fourth-order valence-corrected chi connectivity index (χ4v) is 8.34. The molecule has 2 aliphatic carbocycles. The Labute approximate surface area is 284 Å². The summed E-state index contributed by atoms with van der Waals surface area (Å²) in [5.41, 5.74) is 4.50. The van der Waals surface area contributed by atoms with Crippen LogP contribution in [0.1, 0.15) is 51.3 Å². The summed E-state index contributed by atoms with van der Waals surface area (Å²) in [6.45, 7) is 6.87. The van der Waals surface area contributed by atoms with Crippen molar-refractivity contribution in [3.05, 3.63) is 54.1 Å². The van der Waals surface area contributed by atoms with Crippen LogP contribution in [0.15, 0.2) is 42.9 Å². The Morgan fingerprint density at radius 3 is 2.57 bits per heavy atom. The number of likely N-dealkylation sites (tertiary alicyclic amines) is 2. The third-order valence-corrected chi connectivity index (χ3v) is 10.7. The lowest BCUT2D eigenvalue weighted by Gasteiger charge is -2.38. The van der Waals surface area contributed by atoms with E-state index in [9.17, 15) is 24.4 Å². The van der Waals surface area contributed by atoms with E-state index in [0.717, 1.165) is 0 Å². The molecule has 0 spiro atoms. The van der Waals surface area contributed by atoms with Gasteiger partial charge in [0.2, 0.25) is 17.4 Å². The first-order valence-electron chi connectivity index (χ1n) is 16.6. The van der Waals surface area contributed by atoms with Crippen LogP contribution in [0.25, 0.3) is 0 Å². The number of primary amides is 1. The third-order valence-electron chi connectivity index (χ3n) is 10.7. The highest BCUT2D eigenvalue weighted by Crippen LogP contribution is 2.59. The molecule has 2 aromatic rings. The zero-order valence-corrected chi connectivity index (χ0v) is 28.0. The maximum atomic E-state index is 15.3. The first kappa shape index (κ1) is 34.1. The average Bonchev–Trinajstić information content (AvgIpc) is 3.83. The number of nitrogens with zero attached hydrogens (tertiary/aromatic N) is 5. The molecule has 6 rings (SSSR count). The normalized spacial score (nSPS) is 30.7. The highest BCUT2D eigenvalue weighted by Gasteiger charge is 2.65. The Morgan fingerprint density at radius 1 is 1.16 bits per heavy atom. The number of hydrogen-bond donors (Lipinski definition) is 2. The Balaban J connectivity index is 1.29. The van der Waals surface area contributed by atoms with Crippen molar-refractivity contribution in [2.75, 3.05) is 13.1 Å². The van der Waals surface area contributed by atoms with Gasteiger partial charge in [-0.05, 0) is 67.1 Å². The van der Waals surface area contributed by atoms with Crippen LogP contribution in [0.5, 0.6) is 5.75 Å². The van der Waals surface area contributed by atoms with Crippen LogP contribution in [0.3, 0.4) is 0 Å². The monoisotopic (exact) mass is 675 g/mol. The van der Waals surface area contributed by atoms with Gasteiger partial charge in [-0.3, -0.25) is 24.4 Å². The molecule has 260 valence electrons. The van der Waals surface area contributed by atoms with E-state index in [2.05, 4.69) is 21.4 Å². The first-order valence-corrected chi connectivity index (χ1v) is 16.6. The number of pyridine rings is 2. The Kier molecular flexibility index (Phi) is 8.98. The predicted octanol–water partition coefficient (Wildman–Crippen LogP) is 2.67. The number of fused-ring (bicyclic) bond motifs is 5. The maximum Gasteiger partial charge on any atom is 0.408 e. The van der Waals surface area contributed by atoms with Gasteiger partial charge in [0, 0.05) is 37.1 Å². The highest BCUT2D eigenvalue weighted by atomic mass is 19.1. The van der Waals surface area contributed by atoms with Gasteiger partial charge >= 0.3 is 6.09 Å². The lowest BCUT2D eigenvalue weighted by molar-refractivity contribution is -0.149. The number of amides is 4. The largest absolute Gasteiger partial charge is 0.474 e. The second kappa shape index (κ2) is 12.9. The summed E-state index contributed by atoms with van der Waals surface area (Å²) in [5, 5.41) is 12.9. The number of halogens is 1. The van der Waals surface area contributed by atoms with Crippen molar-refractivity contribution in [3.8, 4) is 11.8 Å². The van der Waals surface area contributed by atoms with Crippen molar-refractivity contribution >= 4 is 23.8 Å². The average molecular weight is 676 g/mol. The number of alkyl halides is 1. The summed E-state index contributed by atoms with van der Waals surface area (Å²) in [7, 11) is 0. The molecule has 4 amide bonds. The molecule has 49 heavy (non-hydrogen) atoms. The van der Waals surface area contributed by atoms with Crippen LogP contribution < -0.4 is 15.8 Å². The van der Waals surface area contributed by atoms with Gasteiger partial charge in [0.05, 0.1) is 18.3 Å². The molecule has 13 nitrogen and oxygen atoms in total. The molecule has 4 aliphatic rings. The fraction of sp³-hybridized carbons (Fsp3) is 0.571. The van der Waals surface area contributed by atoms with E-state index in [0.29, 0.717) is 24.1 Å². The summed E-state index contributed by atoms with van der Waals surface area (Å²) in [5.74, 6) is -2.72. The number of alkyl carbamates (subject to hydrolysis) is 1. The van der Waals surface area contributed by atoms with Crippen LogP contribution >= 0.6 is 0 Å². The minimum Gasteiger partial charge on any atom is -0.474 e. The van der Waals surface area contributed by atoms with Gasteiger partial charge in [-0.1, -0.05) is 26.8 Å². The third kappa shape index (κ3) is 6.26. The summed E-state index contributed by atoms with van der Waals surface area (Å²) in [6, 6.07) is 5.52. The number of aryl methyl sites for hydroxylation is 1. The first-order chi connectivity index (χ1) is 23.2. The second-order valence-corrected chi connectivity index (χ2v) is 14.8. The van der Waals surface area contributed by atoms with Gasteiger partial charge in [0.1, 0.15) is 36.7 Å². The summed E-state index contributed by atoms with van der Waals surface area (Å²) in [6.07, 6.45) is 3.57. The van der Waals surface area contributed by atoms with Crippen LogP contribution in [0.2, 0.25) is 0 Å². The Morgan fingerprint density at radius 2 is 1.92 bits per heavy atom. The quantitative estimate of drug-likeness (QED) is 0.425. The van der Waals surface area contributed by atoms with E-state index >= 15 is 4.39 Å². The van der Waals surface area contributed by atoms with E-state index in [-0.39, 0.29) is 43.7 Å². The van der Waals surface area contributed by atoms with Crippen molar-refractivity contribution in [2.45, 2.75) is 83.5 Å². The SMILES string of the molecule is Cc1ncccc1O[C@]1(C(N)=O)C[C@@H](C#N)N(C(=O)[C@@H]2[C@@H]3[C@H](CN2C(=O)[C@@H](NC(=O)OCc2cccnc2)C(C)(C)C)[C@H]2C[C@@H]3[C@H](F)C2)C1. The van der Waals surface area contributed by atoms with Gasteiger partial charge in [0.15, 0.2) is 0 Å². The number of hydrogen-bond acceptors (Lipinski definition) is 9. The zero-order chi connectivity index (χ0) is 35.2. The van der Waals surface area contributed by atoms with E-state index in [1.807, 2.05) is 0 Å². The minimum atomic E-state index is -1.73. The summed E-state index contributed by atoms with van der Waals surface area (Å²) < 4.78 is 26.9. The van der Waals surface area contributed by atoms with Crippen molar-refractivity contribution in [2.24, 2.45) is 34.8 Å². The van der Waals surface area contributed by atoms with E-state index in [4.69, 9.17) is 15.2 Å². The van der Waals surface area contributed by atoms with Crippen LogP contribution in [-0.2, 0) is 25.7 Å². The van der Waals surface area contributed by atoms with E-state index < -0.39 is 71.0 Å². The molecular weight excluding hydrogens is 633 g/mol. The molecule has 2 bridgehead atoms. The Hall–Kier alpha value is -4.80. The lowest BCUT2D eigenvalue weighted by Crippen LogP contribution is -2.60. The maximum absolute atomic E-state index is 15.3. The molecule has 4 fully saturated rings. The van der Waals surface area contributed by atoms with Crippen LogP contribution in [0.4, 0.5) is 9.18 Å². The molecule has 4 heterocycles. The van der Waals surface area contributed by atoms with Crippen LogP contribution in [0, 0.1) is 47.3 Å². The van der Waals surface area contributed by atoms with Gasteiger partial charge in [-0.15, -0.1) is 0 Å². The number of ether oxygens (including phenoxy) is 2. The molecule has 2 saturated carbocycles.